The van der Waals surface area contributed by atoms with Gasteiger partial charge < -0.3 is 19.2 Å². The Morgan fingerprint density at radius 2 is 2.06 bits per heavy atom. The molecule has 1 aliphatic rings. The molecule has 2 N–H and O–H groups in total. The highest BCUT2D eigenvalue weighted by Crippen LogP contribution is 2.32. The van der Waals surface area contributed by atoms with Crippen molar-refractivity contribution in [2.24, 2.45) is 0 Å². The van der Waals surface area contributed by atoms with Crippen molar-refractivity contribution in [3.63, 3.8) is 0 Å². The van der Waals surface area contributed by atoms with E-state index < -0.39 is 5.91 Å². The minimum atomic E-state index is -0.398. The molecule has 0 bridgehead atoms. The summed E-state index contributed by atoms with van der Waals surface area (Å²) in [4.78, 5) is 31.5. The van der Waals surface area contributed by atoms with Gasteiger partial charge in [-0.15, -0.1) is 0 Å². The van der Waals surface area contributed by atoms with Gasteiger partial charge in [0.25, 0.3) is 5.56 Å². The van der Waals surface area contributed by atoms with E-state index in [9.17, 15) is 9.59 Å². The fourth-order valence-electron chi connectivity index (χ4n) is 3.20. The average Bonchev–Trinajstić information content (AvgIpc) is 3.51. The van der Waals surface area contributed by atoms with Gasteiger partial charge in [-0.1, -0.05) is 6.07 Å². The molecular weight excluding hydrogens is 414 g/mol. The van der Waals surface area contributed by atoms with Crippen LogP contribution in [0.15, 0.2) is 64.0 Å². The number of hydrogen-bond acceptors (Lipinski definition) is 7. The van der Waals surface area contributed by atoms with Crippen LogP contribution >= 0.6 is 0 Å². The third-order valence-corrected chi connectivity index (χ3v) is 4.62. The number of rotatable bonds is 5. The summed E-state index contributed by atoms with van der Waals surface area (Å²) in [6.07, 6.45) is 4.56. The van der Waals surface area contributed by atoms with Crippen molar-refractivity contribution in [2.75, 3.05) is 12.1 Å². The normalized spacial score (nSPS) is 12.4. The molecule has 0 aliphatic carbocycles. The van der Waals surface area contributed by atoms with Gasteiger partial charge in [-0.3, -0.25) is 14.6 Å². The molecule has 0 radical (unpaired) electrons. The second kappa shape index (κ2) is 7.91. The number of nitrogens with zero attached hydrogens (tertiary/aromatic N) is 3. The molecule has 4 heterocycles. The number of furan rings is 1. The Morgan fingerprint density at radius 1 is 1.19 bits per heavy atom. The van der Waals surface area contributed by atoms with Crippen molar-refractivity contribution in [1.82, 2.24) is 19.7 Å². The number of benzene rings is 1. The molecular formula is C22H17N5O5. The van der Waals surface area contributed by atoms with Crippen LogP contribution in [0, 0.1) is 6.92 Å². The average molecular weight is 431 g/mol. The van der Waals surface area contributed by atoms with E-state index in [0.717, 1.165) is 5.56 Å². The van der Waals surface area contributed by atoms with Gasteiger partial charge in [-0.25, -0.2) is 4.98 Å². The Labute approximate surface area is 181 Å². The molecule has 5 rings (SSSR count). The summed E-state index contributed by atoms with van der Waals surface area (Å²) in [5.74, 6) is 1.88. The van der Waals surface area contributed by atoms with Crippen LogP contribution in [0.2, 0.25) is 0 Å². The van der Waals surface area contributed by atoms with E-state index in [2.05, 4.69) is 20.4 Å². The molecule has 1 amide bonds. The molecule has 0 saturated heterocycles. The Morgan fingerprint density at radius 3 is 2.88 bits per heavy atom. The Balaban J connectivity index is 1.44. The second-order valence-corrected chi connectivity index (χ2v) is 6.95. The summed E-state index contributed by atoms with van der Waals surface area (Å²) in [6, 6.07) is 11.9. The van der Waals surface area contributed by atoms with Crippen LogP contribution in [0.4, 0.5) is 5.82 Å². The van der Waals surface area contributed by atoms with Crippen molar-refractivity contribution >= 4 is 17.8 Å². The number of aromatic nitrogens is 4. The van der Waals surface area contributed by atoms with Crippen molar-refractivity contribution in [2.45, 2.75) is 6.92 Å². The van der Waals surface area contributed by atoms with Gasteiger partial charge in [0, 0.05) is 23.9 Å². The van der Waals surface area contributed by atoms with Crippen LogP contribution < -0.4 is 20.3 Å². The SMILES string of the molecule is Cc1cc(=O)[nH]c(-n2nc(-c3ccco3)cc2NC(=O)/C=C/c2ccc3c(c2)OCO3)n1. The molecule has 0 atom stereocenters. The van der Waals surface area contributed by atoms with Gasteiger partial charge in [-0.2, -0.15) is 9.78 Å². The maximum Gasteiger partial charge on any atom is 0.252 e. The molecule has 1 aromatic carbocycles. The molecule has 32 heavy (non-hydrogen) atoms. The molecule has 10 nitrogen and oxygen atoms in total. The minimum Gasteiger partial charge on any atom is -0.463 e. The number of H-pyrrole nitrogens is 1. The van der Waals surface area contributed by atoms with Gasteiger partial charge in [0.15, 0.2) is 17.3 Å². The van der Waals surface area contributed by atoms with Gasteiger partial charge in [0.1, 0.15) is 11.5 Å². The second-order valence-electron chi connectivity index (χ2n) is 6.95. The van der Waals surface area contributed by atoms with E-state index >= 15 is 0 Å². The summed E-state index contributed by atoms with van der Waals surface area (Å²) in [7, 11) is 0. The van der Waals surface area contributed by atoms with Crippen molar-refractivity contribution in [3.05, 3.63) is 76.4 Å². The first-order valence-electron chi connectivity index (χ1n) is 9.66. The number of anilines is 1. The van der Waals surface area contributed by atoms with Crippen LogP contribution in [0.3, 0.4) is 0 Å². The van der Waals surface area contributed by atoms with Gasteiger partial charge >= 0.3 is 0 Å². The fourth-order valence-corrected chi connectivity index (χ4v) is 3.20. The Hall–Kier alpha value is -4.60. The van der Waals surface area contributed by atoms with E-state index in [4.69, 9.17) is 13.9 Å². The van der Waals surface area contributed by atoms with E-state index in [1.807, 2.05) is 6.07 Å². The predicted molar refractivity (Wildman–Crippen MR) is 115 cm³/mol. The number of aryl methyl sites for hydroxylation is 1. The summed E-state index contributed by atoms with van der Waals surface area (Å²) < 4.78 is 17.4. The van der Waals surface area contributed by atoms with Gasteiger partial charge in [0.05, 0.1) is 6.26 Å². The number of aromatic amines is 1. The van der Waals surface area contributed by atoms with Crippen LogP contribution in [-0.4, -0.2) is 32.4 Å². The predicted octanol–water partition coefficient (Wildman–Crippen LogP) is 2.90. The van der Waals surface area contributed by atoms with E-state index in [1.165, 1.54) is 23.1 Å². The first-order chi connectivity index (χ1) is 15.5. The molecule has 3 aromatic heterocycles. The third kappa shape index (κ3) is 3.88. The molecule has 10 heteroatoms. The highest BCUT2D eigenvalue weighted by molar-refractivity contribution is 6.01. The highest BCUT2D eigenvalue weighted by atomic mass is 16.7. The lowest BCUT2D eigenvalue weighted by atomic mass is 10.2. The highest BCUT2D eigenvalue weighted by Gasteiger charge is 2.17. The van der Waals surface area contributed by atoms with Crippen LogP contribution in [0.5, 0.6) is 11.5 Å². The number of carbonyl (C=O) groups excluding carboxylic acids is 1. The number of amides is 1. The molecule has 0 unspecified atom stereocenters. The van der Waals surface area contributed by atoms with Crippen molar-refractivity contribution in [1.29, 1.82) is 0 Å². The summed E-state index contributed by atoms with van der Waals surface area (Å²) >= 11 is 0. The zero-order valence-corrected chi connectivity index (χ0v) is 16.9. The van der Waals surface area contributed by atoms with Crippen molar-refractivity contribution < 1.29 is 18.7 Å². The Bertz CT molecular complexity index is 1380. The largest absolute Gasteiger partial charge is 0.463 e. The molecule has 0 spiro atoms. The summed E-state index contributed by atoms with van der Waals surface area (Å²) in [5.41, 5.74) is 1.43. The third-order valence-electron chi connectivity index (χ3n) is 4.62. The first-order valence-corrected chi connectivity index (χ1v) is 9.66. The molecule has 4 aromatic rings. The zero-order valence-electron chi connectivity index (χ0n) is 16.9. The lowest BCUT2D eigenvalue weighted by Gasteiger charge is -2.07. The van der Waals surface area contributed by atoms with Gasteiger partial charge in [-0.05, 0) is 42.8 Å². The molecule has 1 aliphatic heterocycles. The number of ether oxygens (including phenoxy) is 2. The summed E-state index contributed by atoms with van der Waals surface area (Å²) in [6.45, 7) is 1.88. The van der Waals surface area contributed by atoms with Crippen LogP contribution in [-0.2, 0) is 4.79 Å². The number of nitrogens with one attached hydrogen (secondary N) is 2. The number of carbonyl (C=O) groups is 1. The van der Waals surface area contributed by atoms with Crippen LogP contribution in [0.25, 0.3) is 23.5 Å². The minimum absolute atomic E-state index is 0.169. The van der Waals surface area contributed by atoms with Crippen molar-refractivity contribution in [3.8, 4) is 28.9 Å². The lowest BCUT2D eigenvalue weighted by Crippen LogP contribution is -2.17. The van der Waals surface area contributed by atoms with E-state index in [1.54, 1.807) is 43.3 Å². The maximum atomic E-state index is 12.6. The molecule has 0 saturated carbocycles. The van der Waals surface area contributed by atoms with Crippen LogP contribution in [0.1, 0.15) is 11.3 Å². The fraction of sp³-hybridized carbons (Fsp3) is 0.0909. The monoisotopic (exact) mass is 431 g/mol. The Kier molecular flexibility index (Phi) is 4.79. The zero-order chi connectivity index (χ0) is 22.1. The first kappa shape index (κ1) is 19.4. The smallest absolute Gasteiger partial charge is 0.252 e. The van der Waals surface area contributed by atoms with E-state index in [-0.39, 0.29) is 18.3 Å². The lowest BCUT2D eigenvalue weighted by molar-refractivity contribution is -0.111. The molecule has 0 fully saturated rings. The number of hydrogen-bond donors (Lipinski definition) is 2. The standard InChI is InChI=1S/C22H17N5O5/c1-13-9-21(29)25-22(23-13)27-19(11-15(26-27)16-3-2-8-30-16)24-20(28)7-5-14-4-6-17-18(10-14)32-12-31-17/h2-11H,12H2,1H3,(H,24,28)(H,23,25,29)/b7-5+. The topological polar surface area (TPSA) is 124 Å². The van der Waals surface area contributed by atoms with E-state index in [0.29, 0.717) is 34.5 Å². The quantitative estimate of drug-likeness (QED) is 0.466. The summed E-state index contributed by atoms with van der Waals surface area (Å²) in [5, 5.41) is 7.20. The van der Waals surface area contributed by atoms with Gasteiger partial charge in [0.2, 0.25) is 18.6 Å². The maximum absolute atomic E-state index is 12.6. The number of fused-ring (bicyclic) bond motifs is 1. The molecule has 160 valence electrons.